The first-order chi connectivity index (χ1) is 11.1. The van der Waals surface area contributed by atoms with E-state index in [4.69, 9.17) is 14.2 Å². The third kappa shape index (κ3) is 5.76. The van der Waals surface area contributed by atoms with Crippen LogP contribution in [0.4, 0.5) is 4.79 Å². The Labute approximate surface area is 143 Å². The van der Waals surface area contributed by atoms with E-state index in [1.165, 1.54) is 7.11 Å². The molecule has 0 saturated heterocycles. The first-order valence-corrected chi connectivity index (χ1v) is 7.79. The Morgan fingerprint density at radius 2 is 1.67 bits per heavy atom. The zero-order valence-corrected chi connectivity index (χ0v) is 15.5. The molecule has 0 saturated carbocycles. The number of benzene rings is 1. The number of ether oxygens (including phenoxy) is 3. The number of rotatable bonds is 5. The van der Waals surface area contributed by atoms with Crippen molar-refractivity contribution in [1.29, 1.82) is 0 Å². The monoisotopic (exact) mass is 337 g/mol. The van der Waals surface area contributed by atoms with E-state index in [0.29, 0.717) is 6.42 Å². The van der Waals surface area contributed by atoms with E-state index in [1.807, 2.05) is 26.0 Å². The molecule has 24 heavy (non-hydrogen) atoms. The van der Waals surface area contributed by atoms with Gasteiger partial charge < -0.3 is 19.5 Å². The summed E-state index contributed by atoms with van der Waals surface area (Å²) in [6, 6.07) is 2.96. The fraction of sp³-hybridized carbons (Fsp3) is 0.556. The first kappa shape index (κ1) is 19.8. The van der Waals surface area contributed by atoms with Crippen LogP contribution in [-0.2, 0) is 20.7 Å². The van der Waals surface area contributed by atoms with Gasteiger partial charge in [0, 0.05) is 6.42 Å². The lowest BCUT2D eigenvalue weighted by Crippen LogP contribution is -2.45. The predicted octanol–water partition coefficient (Wildman–Crippen LogP) is 2.92. The maximum absolute atomic E-state index is 12.0. The van der Waals surface area contributed by atoms with E-state index >= 15 is 0 Å². The Morgan fingerprint density at radius 3 is 2.08 bits per heavy atom. The Kier molecular flexibility index (Phi) is 6.63. The standard InChI is InChI=1S/C18H27NO5/c1-11-8-13(22-6)9-12(2)14(11)10-15(16(20)23-7)19-17(21)24-18(3,4)5/h8-9,15H,10H2,1-7H3,(H,19,21)/t15-/m0/s1. The molecule has 1 aromatic rings. The van der Waals surface area contributed by atoms with Gasteiger partial charge in [0.25, 0.3) is 0 Å². The Morgan fingerprint density at radius 1 is 1.12 bits per heavy atom. The number of alkyl carbamates (subject to hydrolysis) is 1. The number of methoxy groups -OCH3 is 2. The van der Waals surface area contributed by atoms with E-state index in [2.05, 4.69) is 5.32 Å². The minimum Gasteiger partial charge on any atom is -0.497 e. The summed E-state index contributed by atoms with van der Waals surface area (Å²) in [5.74, 6) is 0.235. The van der Waals surface area contributed by atoms with Crippen LogP contribution in [0, 0.1) is 13.8 Å². The summed E-state index contributed by atoms with van der Waals surface area (Å²) in [6.07, 6.45) is -0.338. The summed E-state index contributed by atoms with van der Waals surface area (Å²) in [5, 5.41) is 2.59. The number of amides is 1. The maximum Gasteiger partial charge on any atom is 0.408 e. The molecule has 0 fully saturated rings. The topological polar surface area (TPSA) is 73.9 Å². The molecular weight excluding hydrogens is 310 g/mol. The van der Waals surface area contributed by atoms with Crippen LogP contribution in [0.1, 0.15) is 37.5 Å². The number of esters is 1. The van der Waals surface area contributed by atoms with Gasteiger partial charge in [-0.05, 0) is 63.4 Å². The number of hydrogen-bond donors (Lipinski definition) is 1. The molecule has 0 spiro atoms. The van der Waals surface area contributed by atoms with Gasteiger partial charge in [0.15, 0.2) is 0 Å². The van der Waals surface area contributed by atoms with Gasteiger partial charge in [-0.1, -0.05) is 0 Å². The quantitative estimate of drug-likeness (QED) is 0.836. The van der Waals surface area contributed by atoms with Gasteiger partial charge in [-0.15, -0.1) is 0 Å². The number of aryl methyl sites for hydroxylation is 2. The molecule has 1 N–H and O–H groups in total. The Balaban J connectivity index is 2.99. The van der Waals surface area contributed by atoms with Crippen LogP contribution in [0.25, 0.3) is 0 Å². The molecule has 0 aliphatic heterocycles. The second-order valence-electron chi connectivity index (χ2n) is 6.67. The lowest BCUT2D eigenvalue weighted by atomic mass is 9.96. The number of carbonyl (C=O) groups is 2. The van der Waals surface area contributed by atoms with Gasteiger partial charge in [0.2, 0.25) is 0 Å². The van der Waals surface area contributed by atoms with Crippen molar-refractivity contribution < 1.29 is 23.8 Å². The van der Waals surface area contributed by atoms with E-state index in [9.17, 15) is 9.59 Å². The maximum atomic E-state index is 12.0. The molecule has 1 amide bonds. The molecule has 6 nitrogen and oxygen atoms in total. The molecular formula is C18H27NO5. The molecule has 1 aromatic carbocycles. The Hall–Kier alpha value is -2.24. The normalized spacial score (nSPS) is 12.3. The predicted molar refractivity (Wildman–Crippen MR) is 91.3 cm³/mol. The minimum atomic E-state index is -0.823. The molecule has 134 valence electrons. The van der Waals surface area contributed by atoms with Crippen molar-refractivity contribution in [1.82, 2.24) is 5.32 Å². The molecule has 6 heteroatoms. The summed E-state index contributed by atoms with van der Waals surface area (Å²) >= 11 is 0. The average molecular weight is 337 g/mol. The van der Waals surface area contributed by atoms with E-state index in [1.54, 1.807) is 27.9 Å². The second kappa shape index (κ2) is 8.04. The molecule has 0 unspecified atom stereocenters. The highest BCUT2D eigenvalue weighted by atomic mass is 16.6. The lowest BCUT2D eigenvalue weighted by Gasteiger charge is -2.23. The third-order valence-electron chi connectivity index (χ3n) is 3.49. The van der Waals surface area contributed by atoms with Gasteiger partial charge in [-0.25, -0.2) is 9.59 Å². The molecule has 0 heterocycles. The van der Waals surface area contributed by atoms with Gasteiger partial charge in [-0.2, -0.15) is 0 Å². The average Bonchev–Trinajstić information content (AvgIpc) is 2.46. The summed E-state index contributed by atoms with van der Waals surface area (Å²) < 4.78 is 15.3. The van der Waals surface area contributed by atoms with Crippen LogP contribution < -0.4 is 10.1 Å². The van der Waals surface area contributed by atoms with Crippen molar-refractivity contribution in [2.45, 2.75) is 52.7 Å². The highest BCUT2D eigenvalue weighted by molar-refractivity contribution is 5.81. The lowest BCUT2D eigenvalue weighted by molar-refractivity contribution is -0.143. The number of carbonyl (C=O) groups excluding carboxylic acids is 2. The number of nitrogens with one attached hydrogen (secondary N) is 1. The zero-order chi connectivity index (χ0) is 18.5. The third-order valence-corrected chi connectivity index (χ3v) is 3.49. The molecule has 0 radical (unpaired) electrons. The smallest absolute Gasteiger partial charge is 0.408 e. The van der Waals surface area contributed by atoms with Crippen molar-refractivity contribution in [3.05, 3.63) is 28.8 Å². The fourth-order valence-corrected chi connectivity index (χ4v) is 2.38. The SMILES string of the molecule is COC(=O)[C@H](Cc1c(C)cc(OC)cc1C)NC(=O)OC(C)(C)C. The first-order valence-electron chi connectivity index (χ1n) is 7.79. The van der Waals surface area contributed by atoms with E-state index in [-0.39, 0.29) is 0 Å². The van der Waals surface area contributed by atoms with Crippen LogP contribution in [0.2, 0.25) is 0 Å². The zero-order valence-electron chi connectivity index (χ0n) is 15.5. The largest absolute Gasteiger partial charge is 0.497 e. The van der Waals surface area contributed by atoms with Crippen molar-refractivity contribution in [3.8, 4) is 5.75 Å². The number of hydrogen-bond acceptors (Lipinski definition) is 5. The molecule has 0 aliphatic carbocycles. The van der Waals surface area contributed by atoms with Gasteiger partial charge in [-0.3, -0.25) is 0 Å². The second-order valence-corrected chi connectivity index (χ2v) is 6.67. The highest BCUT2D eigenvalue weighted by Gasteiger charge is 2.26. The van der Waals surface area contributed by atoms with Gasteiger partial charge in [0.05, 0.1) is 14.2 Å². The molecule has 1 rings (SSSR count). The van der Waals surface area contributed by atoms with Crippen LogP contribution in [0.15, 0.2) is 12.1 Å². The van der Waals surface area contributed by atoms with Crippen LogP contribution in [0.5, 0.6) is 5.75 Å². The molecule has 0 bridgehead atoms. The van der Waals surface area contributed by atoms with Crippen LogP contribution in [-0.4, -0.2) is 37.9 Å². The van der Waals surface area contributed by atoms with Crippen molar-refractivity contribution in [2.24, 2.45) is 0 Å². The van der Waals surface area contributed by atoms with Crippen molar-refractivity contribution in [2.75, 3.05) is 14.2 Å². The Bertz CT molecular complexity index is 581. The molecule has 0 aromatic heterocycles. The fourth-order valence-electron chi connectivity index (χ4n) is 2.38. The minimum absolute atomic E-state index is 0.313. The van der Waals surface area contributed by atoms with Crippen LogP contribution >= 0.6 is 0 Å². The highest BCUT2D eigenvalue weighted by Crippen LogP contribution is 2.23. The molecule has 1 atom stereocenters. The van der Waals surface area contributed by atoms with Crippen LogP contribution in [0.3, 0.4) is 0 Å². The summed E-state index contributed by atoms with van der Waals surface area (Å²) in [6.45, 7) is 9.16. The van der Waals surface area contributed by atoms with E-state index in [0.717, 1.165) is 22.4 Å². The van der Waals surface area contributed by atoms with Gasteiger partial charge in [0.1, 0.15) is 17.4 Å². The van der Waals surface area contributed by atoms with E-state index < -0.39 is 23.7 Å². The van der Waals surface area contributed by atoms with Crippen molar-refractivity contribution >= 4 is 12.1 Å². The van der Waals surface area contributed by atoms with Gasteiger partial charge >= 0.3 is 12.1 Å². The summed E-state index contributed by atoms with van der Waals surface area (Å²) in [7, 11) is 2.90. The summed E-state index contributed by atoms with van der Waals surface area (Å²) in [5.41, 5.74) is 2.28. The van der Waals surface area contributed by atoms with Crippen molar-refractivity contribution in [3.63, 3.8) is 0 Å². The molecule has 0 aliphatic rings. The summed E-state index contributed by atoms with van der Waals surface area (Å²) in [4.78, 5) is 24.0.